The van der Waals surface area contributed by atoms with E-state index in [9.17, 15) is 14.7 Å². The number of ether oxygens (including phenoxy) is 3. The molecule has 6 rings (SSSR count). The molecule has 0 bridgehead atoms. The normalized spacial score (nSPS) is 24.6. The third-order valence-electron chi connectivity index (χ3n) is 18.1. The van der Waals surface area contributed by atoms with E-state index in [1.165, 1.54) is 62.1 Å². The first-order chi connectivity index (χ1) is 33.9. The van der Waals surface area contributed by atoms with E-state index in [0.29, 0.717) is 41.3 Å². The minimum atomic E-state index is -1.87. The lowest BCUT2D eigenvalue weighted by Gasteiger charge is -2.40. The summed E-state index contributed by atoms with van der Waals surface area (Å²) in [6, 6.07) is 14.3. The first kappa shape index (κ1) is 59.7. The Hall–Kier alpha value is -3.22. The molecule has 0 aliphatic heterocycles. The van der Waals surface area contributed by atoms with Crippen molar-refractivity contribution in [1.29, 1.82) is 5.26 Å². The molecule has 2 N–H and O–H groups in total. The van der Waals surface area contributed by atoms with Crippen LogP contribution in [0.3, 0.4) is 0 Å². The molecule has 72 heavy (non-hydrogen) atoms. The average molecular weight is 1030 g/mol. The van der Waals surface area contributed by atoms with Crippen molar-refractivity contribution in [2.45, 2.75) is 239 Å². The van der Waals surface area contributed by atoms with Crippen molar-refractivity contribution in [1.82, 2.24) is 0 Å². The van der Waals surface area contributed by atoms with Crippen LogP contribution in [0.4, 0.5) is 0 Å². The highest BCUT2D eigenvalue weighted by atomic mass is 28.4. The van der Waals surface area contributed by atoms with E-state index in [4.69, 9.17) is 33.4 Å². The number of carbonyl (C=O) groups excluding carboxylic acids is 1. The number of unbranched alkanes of at least 4 members (excludes halogenated alkanes) is 4. The number of nitriles is 1. The van der Waals surface area contributed by atoms with Crippen molar-refractivity contribution in [2.75, 3.05) is 13.2 Å². The van der Waals surface area contributed by atoms with E-state index in [1.54, 1.807) is 0 Å². The average Bonchev–Trinajstić information content (AvgIpc) is 3.79. The number of aliphatic hydroxyl groups is 1. The van der Waals surface area contributed by atoms with E-state index >= 15 is 0 Å². The zero-order valence-corrected chi connectivity index (χ0v) is 49.1. The van der Waals surface area contributed by atoms with Crippen molar-refractivity contribution in [2.24, 2.45) is 35.5 Å². The summed E-state index contributed by atoms with van der Waals surface area (Å²) in [5, 5.41) is 29.5. The highest BCUT2D eigenvalue weighted by Gasteiger charge is 2.49. The van der Waals surface area contributed by atoms with E-state index in [2.05, 4.69) is 99.8 Å². The standard InChI is InChI=1S/C31H49NO4Si.C29H48O5Si/c1-8-9-10-13-25(36-37(6,7)31(3,4)5)15-16-26-27-19-23-12-11-14-29(34-18-17-32)28(23)20-24(27)21-30(26)35-22(2)33;1-7-8-9-12-22(34-35(5,6)29(2,3)4)14-15-23-24-16-20-11-10-13-27(33-19-28(31)32)25(20)17-21(24)18-26(23)30/h11-12,14,24-27,30H,8-10,13,15-16,18-21H2,1-7H3;10-11,13,21-24,26,30H,7-9,12,14-19H2,1-6H3,(H,31,32)/t24-,25-,26+,27-,30+;21-,22-,23+,24-,26+/m00/s1. The number of carboxylic acid groups (broad SMARTS) is 1. The van der Waals surface area contributed by atoms with Gasteiger partial charge >= 0.3 is 11.9 Å². The second-order valence-electron chi connectivity index (χ2n) is 25.2. The number of nitrogens with zero attached hydrogens (tertiary/aromatic N) is 1. The topological polar surface area (TPSA) is 145 Å². The van der Waals surface area contributed by atoms with Gasteiger partial charge in [0.1, 0.15) is 23.7 Å². The Morgan fingerprint density at radius 2 is 1.17 bits per heavy atom. The van der Waals surface area contributed by atoms with Gasteiger partial charge < -0.3 is 33.3 Å². The first-order valence-electron chi connectivity index (χ1n) is 28.2. The number of aliphatic carboxylic acids is 1. The largest absolute Gasteiger partial charge is 0.482 e. The summed E-state index contributed by atoms with van der Waals surface area (Å²) in [6.45, 7) is 29.1. The van der Waals surface area contributed by atoms with Crippen LogP contribution in [0.15, 0.2) is 36.4 Å². The maximum Gasteiger partial charge on any atom is 0.341 e. The van der Waals surface area contributed by atoms with Crippen molar-refractivity contribution in [3.8, 4) is 17.6 Å². The molecule has 10 atom stereocenters. The molecule has 4 aliphatic carbocycles. The number of carbonyl (C=O) groups is 2. The monoisotopic (exact) mass is 1030 g/mol. The number of hydrogen-bond acceptors (Lipinski definition) is 9. The Kier molecular flexibility index (Phi) is 22.0. The molecule has 0 heterocycles. The van der Waals surface area contributed by atoms with Gasteiger partial charge in [-0.1, -0.05) is 118 Å². The minimum absolute atomic E-state index is 0.0329. The first-order valence-corrected chi connectivity index (χ1v) is 34.0. The fourth-order valence-corrected chi connectivity index (χ4v) is 15.0. The number of fused-ring (bicyclic) bond motifs is 4. The molecule has 0 aromatic heterocycles. The predicted octanol–water partition coefficient (Wildman–Crippen LogP) is 14.2. The van der Waals surface area contributed by atoms with Crippen LogP contribution >= 0.6 is 0 Å². The summed E-state index contributed by atoms with van der Waals surface area (Å²) in [5.74, 6) is 2.90. The summed E-state index contributed by atoms with van der Waals surface area (Å²) in [7, 11) is -3.71. The minimum Gasteiger partial charge on any atom is -0.482 e. The van der Waals surface area contributed by atoms with Crippen molar-refractivity contribution in [3.05, 3.63) is 58.7 Å². The molecule has 2 fully saturated rings. The van der Waals surface area contributed by atoms with Gasteiger partial charge in [-0.2, -0.15) is 5.26 Å². The van der Waals surface area contributed by atoms with Gasteiger partial charge in [0, 0.05) is 19.1 Å². The molecule has 0 unspecified atom stereocenters. The van der Waals surface area contributed by atoms with Crippen LogP contribution in [0, 0.1) is 46.8 Å². The van der Waals surface area contributed by atoms with Crippen LogP contribution in [0.5, 0.6) is 11.5 Å². The summed E-state index contributed by atoms with van der Waals surface area (Å²) in [5.41, 5.74) is 4.95. The molecule has 10 nitrogen and oxygen atoms in total. The maximum absolute atomic E-state index is 12.1. The molecule has 2 saturated carbocycles. The van der Waals surface area contributed by atoms with Gasteiger partial charge in [0.2, 0.25) is 0 Å². The predicted molar refractivity (Wildman–Crippen MR) is 295 cm³/mol. The van der Waals surface area contributed by atoms with Crippen LogP contribution < -0.4 is 9.47 Å². The SMILES string of the molecule is CCCCC[C@@H](CC[C@@H]1[C@H]2Cc3cccc(OCC#N)c3C[C@H]2C[C@H]1OC(C)=O)O[Si](C)(C)C(C)(C)C.CCCCC[C@@H](CC[C@@H]1[C@H]2Cc3cccc(OCC(=O)O)c3C[C@H]2C[C@H]1O)O[Si](C)(C)C(C)(C)C. The molecule has 0 amide bonds. The van der Waals surface area contributed by atoms with Gasteiger partial charge in [0.25, 0.3) is 0 Å². The molecule has 0 spiro atoms. The molecule has 0 saturated heterocycles. The molecule has 2 aromatic carbocycles. The van der Waals surface area contributed by atoms with Crippen molar-refractivity contribution >= 4 is 28.6 Å². The number of carboxylic acids is 1. The lowest BCUT2D eigenvalue weighted by Crippen LogP contribution is -2.44. The Morgan fingerprint density at radius 3 is 1.62 bits per heavy atom. The lowest BCUT2D eigenvalue weighted by molar-refractivity contribution is -0.148. The number of benzene rings is 2. The number of esters is 1. The fourth-order valence-electron chi connectivity index (χ4n) is 12.2. The van der Waals surface area contributed by atoms with Crippen LogP contribution in [0.25, 0.3) is 0 Å². The molecular formula is C60H97NO9Si2. The Balaban J connectivity index is 0.000000268. The van der Waals surface area contributed by atoms with Gasteiger partial charge in [-0.3, -0.25) is 4.79 Å². The Morgan fingerprint density at radius 1 is 0.694 bits per heavy atom. The third-order valence-corrected chi connectivity index (χ3v) is 27.1. The van der Waals surface area contributed by atoms with Gasteiger partial charge in [0.15, 0.2) is 29.8 Å². The molecule has 2 aromatic rings. The van der Waals surface area contributed by atoms with Gasteiger partial charge in [0.05, 0.1) is 6.10 Å². The third kappa shape index (κ3) is 16.1. The van der Waals surface area contributed by atoms with Gasteiger partial charge in [-0.05, 0) is 183 Å². The number of hydrogen-bond donors (Lipinski definition) is 2. The summed E-state index contributed by atoms with van der Waals surface area (Å²) >= 11 is 0. The van der Waals surface area contributed by atoms with Crippen LogP contribution in [-0.2, 0) is 48.9 Å². The molecule has 404 valence electrons. The Bertz CT molecular complexity index is 2090. The lowest BCUT2D eigenvalue weighted by atomic mass is 9.73. The Labute approximate surface area is 438 Å². The molecule has 0 radical (unpaired) electrons. The van der Waals surface area contributed by atoms with E-state index < -0.39 is 22.6 Å². The summed E-state index contributed by atoms with van der Waals surface area (Å²) in [6.07, 6.45) is 19.4. The summed E-state index contributed by atoms with van der Waals surface area (Å²) in [4.78, 5) is 23.1. The molecule has 4 aliphatic rings. The molecule has 12 heteroatoms. The maximum atomic E-state index is 12.1. The van der Waals surface area contributed by atoms with Crippen LogP contribution in [0.1, 0.15) is 174 Å². The number of rotatable bonds is 24. The van der Waals surface area contributed by atoms with Crippen molar-refractivity contribution < 1.29 is 42.9 Å². The zero-order chi connectivity index (χ0) is 53.0. The molecular weight excluding hydrogens is 935 g/mol. The van der Waals surface area contributed by atoms with Crippen molar-refractivity contribution in [3.63, 3.8) is 0 Å². The highest BCUT2D eigenvalue weighted by molar-refractivity contribution is 6.74. The second kappa shape index (κ2) is 26.5. The zero-order valence-electron chi connectivity index (χ0n) is 47.1. The van der Waals surface area contributed by atoms with Crippen LogP contribution in [-0.4, -0.2) is 76.4 Å². The van der Waals surface area contributed by atoms with E-state index in [0.717, 1.165) is 88.4 Å². The highest BCUT2D eigenvalue weighted by Crippen LogP contribution is 2.51. The van der Waals surface area contributed by atoms with E-state index in [-0.39, 0.29) is 53.7 Å². The fraction of sp³-hybridized carbons (Fsp3) is 0.750. The number of aliphatic hydroxyl groups excluding tert-OH is 1. The van der Waals surface area contributed by atoms with Gasteiger partial charge in [-0.15, -0.1) is 0 Å². The van der Waals surface area contributed by atoms with E-state index in [1.807, 2.05) is 24.3 Å². The van der Waals surface area contributed by atoms with Gasteiger partial charge in [-0.25, -0.2) is 4.79 Å². The van der Waals surface area contributed by atoms with Crippen LogP contribution in [0.2, 0.25) is 36.3 Å². The smallest absolute Gasteiger partial charge is 0.341 e. The summed E-state index contributed by atoms with van der Waals surface area (Å²) < 4.78 is 31.2. The second-order valence-corrected chi connectivity index (χ2v) is 34.8. The quantitative estimate of drug-likeness (QED) is 0.0592.